The van der Waals surface area contributed by atoms with Crippen LogP contribution < -0.4 is 0 Å². The lowest BCUT2D eigenvalue weighted by Gasteiger charge is -2.56. The number of hydrogen-bond acceptors (Lipinski definition) is 2. The first kappa shape index (κ1) is 21.1. The fourth-order valence-electron chi connectivity index (χ4n) is 8.00. The van der Waals surface area contributed by atoms with Crippen LogP contribution in [0.25, 0.3) is 0 Å². The average molecular weight is 397 g/mol. The summed E-state index contributed by atoms with van der Waals surface area (Å²) in [6.07, 6.45) is 18.6. The lowest BCUT2D eigenvalue weighted by molar-refractivity contribution is -0.116. The SMILES string of the molecule is CC(C=O)CCC[C@@H](C)[C@H]1CC[C@H]2[C@@H]3C=CC4=CC(=O)CC[C@]4(C)[C@H]3CC[C@]12C. The van der Waals surface area contributed by atoms with E-state index >= 15 is 0 Å². The summed E-state index contributed by atoms with van der Waals surface area (Å²) in [6, 6.07) is 0. The van der Waals surface area contributed by atoms with Crippen LogP contribution in [0.5, 0.6) is 0 Å². The third-order valence-corrected chi connectivity index (χ3v) is 9.83. The van der Waals surface area contributed by atoms with Crippen molar-refractivity contribution in [3.8, 4) is 0 Å². The number of hydrogen-bond donors (Lipinski definition) is 0. The third kappa shape index (κ3) is 3.49. The van der Waals surface area contributed by atoms with Gasteiger partial charge in [-0.3, -0.25) is 4.79 Å². The molecule has 2 fully saturated rings. The number of fused-ring (bicyclic) bond motifs is 5. The monoisotopic (exact) mass is 396 g/mol. The molecule has 0 aromatic heterocycles. The van der Waals surface area contributed by atoms with Gasteiger partial charge in [-0.2, -0.15) is 0 Å². The van der Waals surface area contributed by atoms with E-state index in [0.29, 0.717) is 23.0 Å². The summed E-state index contributed by atoms with van der Waals surface area (Å²) >= 11 is 0. The molecule has 0 saturated heterocycles. The highest BCUT2D eigenvalue weighted by molar-refractivity contribution is 5.92. The zero-order valence-electron chi connectivity index (χ0n) is 19.0. The summed E-state index contributed by atoms with van der Waals surface area (Å²) < 4.78 is 0. The van der Waals surface area contributed by atoms with Crippen LogP contribution in [0.3, 0.4) is 0 Å². The molecule has 8 atom stereocenters. The van der Waals surface area contributed by atoms with Crippen molar-refractivity contribution in [3.63, 3.8) is 0 Å². The van der Waals surface area contributed by atoms with Gasteiger partial charge in [-0.05, 0) is 90.6 Å². The second kappa shape index (κ2) is 7.82. The molecule has 4 rings (SSSR count). The smallest absolute Gasteiger partial charge is 0.156 e. The molecule has 0 N–H and O–H groups in total. The van der Waals surface area contributed by atoms with Crippen molar-refractivity contribution in [2.75, 3.05) is 0 Å². The summed E-state index contributed by atoms with van der Waals surface area (Å²) in [5.41, 5.74) is 1.98. The number of allylic oxidation sites excluding steroid dienone is 4. The molecule has 0 aliphatic heterocycles. The number of carbonyl (C=O) groups is 2. The van der Waals surface area contributed by atoms with E-state index < -0.39 is 0 Å². The molecule has 1 unspecified atom stereocenters. The first-order chi connectivity index (χ1) is 13.8. The Balaban J connectivity index is 1.50. The molecule has 0 spiro atoms. The van der Waals surface area contributed by atoms with Gasteiger partial charge in [0.2, 0.25) is 0 Å². The quantitative estimate of drug-likeness (QED) is 0.477. The van der Waals surface area contributed by atoms with Crippen molar-refractivity contribution >= 4 is 12.1 Å². The fourth-order valence-corrected chi connectivity index (χ4v) is 8.00. The van der Waals surface area contributed by atoms with Crippen molar-refractivity contribution in [3.05, 3.63) is 23.8 Å². The van der Waals surface area contributed by atoms with E-state index in [0.717, 1.165) is 43.3 Å². The van der Waals surface area contributed by atoms with Crippen molar-refractivity contribution < 1.29 is 9.59 Å². The van der Waals surface area contributed by atoms with Crippen molar-refractivity contribution in [2.24, 2.45) is 46.3 Å². The lowest BCUT2D eigenvalue weighted by Crippen LogP contribution is -2.49. The van der Waals surface area contributed by atoms with Gasteiger partial charge in [0.1, 0.15) is 6.29 Å². The Morgan fingerprint density at radius 3 is 2.66 bits per heavy atom. The van der Waals surface area contributed by atoms with Crippen LogP contribution in [-0.2, 0) is 9.59 Å². The molecule has 2 heteroatoms. The van der Waals surface area contributed by atoms with E-state index in [9.17, 15) is 9.59 Å². The summed E-state index contributed by atoms with van der Waals surface area (Å²) in [4.78, 5) is 22.9. The topological polar surface area (TPSA) is 34.1 Å². The van der Waals surface area contributed by atoms with Gasteiger partial charge in [0.25, 0.3) is 0 Å². The van der Waals surface area contributed by atoms with Gasteiger partial charge in [0, 0.05) is 12.3 Å². The highest BCUT2D eigenvalue weighted by Crippen LogP contribution is 2.66. The maximum atomic E-state index is 12.0. The molecule has 0 aromatic rings. The standard InChI is InChI=1S/C27H40O2/c1-18(17-28)6-5-7-19(2)23-10-11-24-22-9-8-20-16-21(29)12-14-26(20,3)25(22)13-15-27(23,24)4/h8-9,16-19,22-25H,5-7,10-15H2,1-4H3/t18?,19-,22+,23-,24+,25+,26+,27-/m1/s1. The van der Waals surface area contributed by atoms with Gasteiger partial charge in [0.15, 0.2) is 5.78 Å². The largest absolute Gasteiger partial charge is 0.303 e. The van der Waals surface area contributed by atoms with Crippen LogP contribution in [0.15, 0.2) is 23.8 Å². The number of rotatable bonds is 6. The predicted octanol–water partition coefficient (Wildman–Crippen LogP) is 6.55. The summed E-state index contributed by atoms with van der Waals surface area (Å²) in [5, 5.41) is 0. The molecule has 0 heterocycles. The Bertz CT molecular complexity index is 718. The van der Waals surface area contributed by atoms with Crippen LogP contribution in [0.4, 0.5) is 0 Å². The second-order valence-corrected chi connectivity index (χ2v) is 11.4. The molecule has 2 nitrogen and oxygen atoms in total. The van der Waals surface area contributed by atoms with Gasteiger partial charge < -0.3 is 4.79 Å². The molecule has 29 heavy (non-hydrogen) atoms. The van der Waals surface area contributed by atoms with Crippen LogP contribution in [0, 0.1) is 46.3 Å². The van der Waals surface area contributed by atoms with Gasteiger partial charge in [0.05, 0.1) is 0 Å². The Kier molecular flexibility index (Phi) is 5.68. The number of carbonyl (C=O) groups excluding carboxylic acids is 2. The molecular formula is C27H40O2. The second-order valence-electron chi connectivity index (χ2n) is 11.4. The van der Waals surface area contributed by atoms with Crippen LogP contribution in [0.1, 0.15) is 85.5 Å². The average Bonchev–Trinajstić information content (AvgIpc) is 3.05. The highest BCUT2D eigenvalue weighted by Gasteiger charge is 2.58. The Labute approximate surface area is 177 Å². The molecule has 0 aromatic carbocycles. The zero-order valence-corrected chi connectivity index (χ0v) is 19.0. The van der Waals surface area contributed by atoms with Crippen LogP contribution in [0.2, 0.25) is 0 Å². The van der Waals surface area contributed by atoms with Gasteiger partial charge >= 0.3 is 0 Å². The number of aldehydes is 1. The van der Waals surface area contributed by atoms with Crippen molar-refractivity contribution in [1.82, 2.24) is 0 Å². The molecule has 2 saturated carbocycles. The molecule has 0 radical (unpaired) electrons. The molecular weight excluding hydrogens is 356 g/mol. The van der Waals surface area contributed by atoms with Crippen molar-refractivity contribution in [1.29, 1.82) is 0 Å². The van der Waals surface area contributed by atoms with E-state index in [1.807, 2.05) is 13.0 Å². The maximum absolute atomic E-state index is 12.0. The van der Waals surface area contributed by atoms with Crippen LogP contribution in [-0.4, -0.2) is 12.1 Å². The van der Waals surface area contributed by atoms with E-state index in [1.54, 1.807) is 0 Å². The first-order valence-corrected chi connectivity index (χ1v) is 12.2. The Morgan fingerprint density at radius 2 is 1.90 bits per heavy atom. The maximum Gasteiger partial charge on any atom is 0.156 e. The molecule has 0 bridgehead atoms. The molecule has 160 valence electrons. The highest BCUT2D eigenvalue weighted by atomic mass is 16.1. The minimum atomic E-state index is 0.210. The Hall–Kier alpha value is -1.18. The zero-order chi connectivity index (χ0) is 20.8. The van der Waals surface area contributed by atoms with E-state index in [2.05, 4.69) is 32.9 Å². The van der Waals surface area contributed by atoms with E-state index in [-0.39, 0.29) is 11.3 Å². The van der Waals surface area contributed by atoms with Crippen molar-refractivity contribution in [2.45, 2.75) is 85.5 Å². The molecule has 4 aliphatic rings. The lowest BCUT2D eigenvalue weighted by atomic mass is 9.48. The Morgan fingerprint density at radius 1 is 1.10 bits per heavy atom. The minimum absolute atomic E-state index is 0.210. The normalized spacial score (nSPS) is 43.0. The van der Waals surface area contributed by atoms with Gasteiger partial charge in [-0.25, -0.2) is 0 Å². The van der Waals surface area contributed by atoms with Gasteiger partial charge in [-0.1, -0.05) is 52.7 Å². The summed E-state index contributed by atoms with van der Waals surface area (Å²) in [5.74, 6) is 4.32. The predicted molar refractivity (Wildman–Crippen MR) is 118 cm³/mol. The summed E-state index contributed by atoms with van der Waals surface area (Å²) in [7, 11) is 0. The number of ketones is 1. The molecule has 0 amide bonds. The third-order valence-electron chi connectivity index (χ3n) is 9.83. The van der Waals surface area contributed by atoms with Gasteiger partial charge in [-0.15, -0.1) is 0 Å². The fraction of sp³-hybridized carbons (Fsp3) is 0.778. The van der Waals surface area contributed by atoms with E-state index in [1.165, 1.54) is 44.1 Å². The minimum Gasteiger partial charge on any atom is -0.303 e. The summed E-state index contributed by atoms with van der Waals surface area (Å²) in [6.45, 7) is 9.56. The first-order valence-electron chi connectivity index (χ1n) is 12.2. The molecule has 4 aliphatic carbocycles. The van der Waals surface area contributed by atoms with E-state index in [4.69, 9.17) is 0 Å². The van der Waals surface area contributed by atoms with Crippen LogP contribution >= 0.6 is 0 Å².